The van der Waals surface area contributed by atoms with Crippen LogP contribution >= 0.6 is 0 Å². The van der Waals surface area contributed by atoms with E-state index in [2.05, 4.69) is 9.88 Å². The molecule has 6 heteroatoms. The van der Waals surface area contributed by atoms with E-state index in [-0.39, 0.29) is 6.54 Å². The van der Waals surface area contributed by atoms with E-state index in [9.17, 15) is 14.4 Å². The monoisotopic (exact) mass is 373 g/mol. The quantitative estimate of drug-likeness (QED) is 0.713. The number of imide groups is 1. The molecule has 0 atom stereocenters. The molecule has 1 aliphatic heterocycles. The van der Waals surface area contributed by atoms with Crippen LogP contribution in [0.5, 0.6) is 0 Å². The van der Waals surface area contributed by atoms with Crippen molar-refractivity contribution in [1.82, 2.24) is 9.47 Å². The molecule has 4 rings (SSSR count). The van der Waals surface area contributed by atoms with Gasteiger partial charge in [-0.1, -0.05) is 12.1 Å². The molecule has 1 aromatic heterocycles. The number of anilines is 1. The van der Waals surface area contributed by atoms with Gasteiger partial charge in [0.2, 0.25) is 5.91 Å². The van der Waals surface area contributed by atoms with Crippen LogP contribution in [0.3, 0.4) is 0 Å². The molecule has 3 amide bonds. The lowest BCUT2D eigenvalue weighted by Crippen LogP contribution is -2.37. The van der Waals surface area contributed by atoms with Crippen LogP contribution in [0.4, 0.5) is 5.69 Å². The highest BCUT2D eigenvalue weighted by Gasteiger charge is 2.36. The Morgan fingerprint density at radius 2 is 1.36 bits per heavy atom. The Morgan fingerprint density at radius 3 is 1.89 bits per heavy atom. The molecule has 0 saturated carbocycles. The lowest BCUT2D eigenvalue weighted by Gasteiger charge is -2.14. The number of amides is 3. The molecule has 0 bridgehead atoms. The summed E-state index contributed by atoms with van der Waals surface area (Å²) in [5.74, 6) is -1.30. The van der Waals surface area contributed by atoms with Crippen molar-refractivity contribution in [2.75, 3.05) is 11.9 Å². The fourth-order valence-electron chi connectivity index (χ4n) is 3.50. The van der Waals surface area contributed by atoms with Gasteiger partial charge in [-0.05, 0) is 62.4 Å². The lowest BCUT2D eigenvalue weighted by molar-refractivity contribution is -0.116. The maximum atomic E-state index is 12.4. The number of carbonyl (C=O) groups is 3. The van der Waals surface area contributed by atoms with Gasteiger partial charge in [-0.3, -0.25) is 19.3 Å². The number of carbonyl (C=O) groups excluding carboxylic acids is 3. The summed E-state index contributed by atoms with van der Waals surface area (Å²) in [5.41, 5.74) is 4.52. The smallest absolute Gasteiger partial charge is 0.262 e. The van der Waals surface area contributed by atoms with E-state index in [1.807, 2.05) is 38.1 Å². The molecule has 0 radical (unpaired) electrons. The van der Waals surface area contributed by atoms with Gasteiger partial charge in [0.05, 0.1) is 11.1 Å². The Hall–Kier alpha value is -3.67. The van der Waals surface area contributed by atoms with Crippen LogP contribution in [-0.2, 0) is 4.79 Å². The standard InChI is InChI=1S/C22H19N3O3/c1-14-7-8-15(2)25(14)17-11-9-16(10-12-17)23-20(26)13-24-21(27)18-5-3-4-6-19(18)22(24)28/h3-12H,13H2,1-2H3,(H,23,26). The molecule has 0 spiro atoms. The largest absolute Gasteiger partial charge is 0.325 e. The number of benzene rings is 2. The Bertz CT molecular complexity index is 1040. The predicted octanol–water partition coefficient (Wildman–Crippen LogP) is 3.33. The summed E-state index contributed by atoms with van der Waals surface area (Å²) < 4.78 is 2.12. The second-order valence-corrected chi connectivity index (χ2v) is 6.79. The van der Waals surface area contributed by atoms with Crippen molar-refractivity contribution in [3.05, 3.63) is 83.2 Å². The molecule has 140 valence electrons. The van der Waals surface area contributed by atoms with Gasteiger partial charge in [-0.15, -0.1) is 0 Å². The van der Waals surface area contributed by atoms with E-state index in [1.54, 1.807) is 36.4 Å². The third kappa shape index (κ3) is 2.99. The molecule has 0 fully saturated rings. The van der Waals surface area contributed by atoms with Crippen LogP contribution < -0.4 is 5.32 Å². The van der Waals surface area contributed by atoms with Crippen molar-refractivity contribution < 1.29 is 14.4 Å². The molecular weight excluding hydrogens is 354 g/mol. The average molecular weight is 373 g/mol. The second-order valence-electron chi connectivity index (χ2n) is 6.79. The SMILES string of the molecule is Cc1ccc(C)n1-c1ccc(NC(=O)CN2C(=O)c3ccccc3C2=O)cc1. The molecule has 0 aliphatic carbocycles. The van der Waals surface area contributed by atoms with Crippen molar-refractivity contribution in [1.29, 1.82) is 0 Å². The van der Waals surface area contributed by atoms with E-state index in [1.165, 1.54) is 0 Å². The average Bonchev–Trinajstić information content (AvgIpc) is 3.14. The molecule has 28 heavy (non-hydrogen) atoms. The summed E-state index contributed by atoms with van der Waals surface area (Å²) in [4.78, 5) is 38.1. The van der Waals surface area contributed by atoms with Gasteiger partial charge in [0.15, 0.2) is 0 Å². The summed E-state index contributed by atoms with van der Waals surface area (Å²) in [7, 11) is 0. The number of hydrogen-bond acceptors (Lipinski definition) is 3. The van der Waals surface area contributed by atoms with Gasteiger partial charge < -0.3 is 9.88 Å². The van der Waals surface area contributed by atoms with Crippen molar-refractivity contribution in [3.63, 3.8) is 0 Å². The highest BCUT2D eigenvalue weighted by molar-refractivity contribution is 6.22. The van der Waals surface area contributed by atoms with E-state index in [0.717, 1.165) is 22.0 Å². The summed E-state index contributed by atoms with van der Waals surface area (Å²) in [5, 5.41) is 2.74. The first-order valence-corrected chi connectivity index (χ1v) is 8.96. The first-order chi connectivity index (χ1) is 13.5. The fraction of sp³-hybridized carbons (Fsp3) is 0.136. The molecular formula is C22H19N3O3. The third-order valence-corrected chi connectivity index (χ3v) is 4.86. The van der Waals surface area contributed by atoms with Gasteiger partial charge in [-0.2, -0.15) is 0 Å². The number of aryl methyl sites for hydroxylation is 2. The summed E-state index contributed by atoms with van der Waals surface area (Å²) >= 11 is 0. The molecule has 2 aromatic carbocycles. The zero-order valence-corrected chi connectivity index (χ0v) is 15.6. The zero-order chi connectivity index (χ0) is 19.8. The van der Waals surface area contributed by atoms with Gasteiger partial charge in [0.25, 0.3) is 11.8 Å². The Kier molecular flexibility index (Phi) is 4.31. The Labute approximate surface area is 162 Å². The van der Waals surface area contributed by atoms with Gasteiger partial charge in [-0.25, -0.2) is 0 Å². The van der Waals surface area contributed by atoms with E-state index >= 15 is 0 Å². The minimum absolute atomic E-state index is 0.316. The number of nitrogens with one attached hydrogen (secondary N) is 1. The number of hydrogen-bond donors (Lipinski definition) is 1. The highest BCUT2D eigenvalue weighted by Crippen LogP contribution is 2.22. The Morgan fingerprint density at radius 1 is 0.821 bits per heavy atom. The van der Waals surface area contributed by atoms with Crippen LogP contribution in [0.25, 0.3) is 5.69 Å². The van der Waals surface area contributed by atoms with Crippen LogP contribution in [0, 0.1) is 13.8 Å². The fourth-order valence-corrected chi connectivity index (χ4v) is 3.50. The summed E-state index contributed by atoms with van der Waals surface area (Å²) in [6.45, 7) is 3.75. The van der Waals surface area contributed by atoms with Gasteiger partial charge in [0, 0.05) is 22.8 Å². The predicted molar refractivity (Wildman–Crippen MR) is 106 cm³/mol. The minimum Gasteiger partial charge on any atom is -0.325 e. The van der Waals surface area contributed by atoms with Crippen LogP contribution in [0.1, 0.15) is 32.1 Å². The third-order valence-electron chi connectivity index (χ3n) is 4.86. The summed E-state index contributed by atoms with van der Waals surface area (Å²) in [6, 6.07) is 18.1. The van der Waals surface area contributed by atoms with Gasteiger partial charge in [0.1, 0.15) is 6.54 Å². The van der Waals surface area contributed by atoms with Crippen molar-refractivity contribution in [2.24, 2.45) is 0 Å². The maximum absolute atomic E-state index is 12.4. The first kappa shape index (κ1) is 17.7. The van der Waals surface area contributed by atoms with Crippen molar-refractivity contribution >= 4 is 23.4 Å². The molecule has 0 saturated heterocycles. The van der Waals surface area contributed by atoms with E-state index < -0.39 is 17.7 Å². The first-order valence-electron chi connectivity index (χ1n) is 8.96. The maximum Gasteiger partial charge on any atom is 0.262 e. The second kappa shape index (κ2) is 6.81. The molecule has 3 aromatic rings. The number of aromatic nitrogens is 1. The van der Waals surface area contributed by atoms with Gasteiger partial charge >= 0.3 is 0 Å². The molecule has 2 heterocycles. The highest BCUT2D eigenvalue weighted by atomic mass is 16.2. The number of rotatable bonds is 4. The zero-order valence-electron chi connectivity index (χ0n) is 15.6. The number of nitrogens with zero attached hydrogens (tertiary/aromatic N) is 2. The Balaban J connectivity index is 1.45. The van der Waals surface area contributed by atoms with Crippen LogP contribution in [-0.4, -0.2) is 33.7 Å². The topological polar surface area (TPSA) is 71.4 Å². The number of fused-ring (bicyclic) bond motifs is 1. The molecule has 1 N–H and O–H groups in total. The minimum atomic E-state index is -0.440. The van der Waals surface area contributed by atoms with Crippen LogP contribution in [0.2, 0.25) is 0 Å². The molecule has 1 aliphatic rings. The van der Waals surface area contributed by atoms with Crippen molar-refractivity contribution in [3.8, 4) is 5.69 Å². The normalized spacial score (nSPS) is 13.0. The van der Waals surface area contributed by atoms with E-state index in [0.29, 0.717) is 16.8 Å². The summed E-state index contributed by atoms with van der Waals surface area (Å²) in [6.07, 6.45) is 0. The lowest BCUT2D eigenvalue weighted by atomic mass is 10.1. The molecule has 6 nitrogen and oxygen atoms in total. The van der Waals surface area contributed by atoms with Crippen molar-refractivity contribution in [2.45, 2.75) is 13.8 Å². The molecule has 0 unspecified atom stereocenters. The van der Waals surface area contributed by atoms with Crippen LogP contribution in [0.15, 0.2) is 60.7 Å². The van der Waals surface area contributed by atoms with E-state index in [4.69, 9.17) is 0 Å².